The zero-order valence-electron chi connectivity index (χ0n) is 33.6. The number of fused-ring (bicyclic) bond motifs is 11. The molecule has 13 aromatic rings. The quantitative estimate of drug-likeness (QED) is 0.168. The minimum absolute atomic E-state index is 0.859. The number of nitrogens with zero attached hydrogens (tertiary/aromatic N) is 3. The van der Waals surface area contributed by atoms with E-state index >= 15 is 0 Å². The minimum atomic E-state index is 0.859. The molecule has 0 amide bonds. The predicted octanol–water partition coefficient (Wildman–Crippen LogP) is 16.1. The number of para-hydroxylation sites is 5. The van der Waals surface area contributed by atoms with Gasteiger partial charge in [-0.25, -0.2) is 0 Å². The number of furan rings is 1. The second-order valence-corrected chi connectivity index (χ2v) is 16.1. The average molecular weight is 792 g/mol. The van der Waals surface area contributed by atoms with Crippen molar-refractivity contribution in [2.75, 3.05) is 4.90 Å². The number of benzene rings is 10. The van der Waals surface area contributed by atoms with E-state index in [9.17, 15) is 0 Å². The molecule has 0 atom stereocenters. The third-order valence-electron chi connectivity index (χ3n) is 12.7. The van der Waals surface area contributed by atoms with E-state index in [1.807, 2.05) is 6.07 Å². The summed E-state index contributed by atoms with van der Waals surface area (Å²) in [6, 6.07) is 80.8. The van der Waals surface area contributed by atoms with Crippen LogP contribution in [0.2, 0.25) is 0 Å². The summed E-state index contributed by atoms with van der Waals surface area (Å²) in [5.41, 5.74) is 14.2. The normalized spacial score (nSPS) is 11.9. The highest BCUT2D eigenvalue weighted by Gasteiger charge is 2.22. The Kier molecular flexibility index (Phi) is 7.57. The maximum atomic E-state index is 6.69. The monoisotopic (exact) mass is 791 g/mol. The van der Waals surface area contributed by atoms with Crippen LogP contribution in [0.4, 0.5) is 17.1 Å². The first kappa shape index (κ1) is 34.5. The fourth-order valence-electron chi connectivity index (χ4n) is 9.91. The van der Waals surface area contributed by atoms with Gasteiger partial charge in [-0.15, -0.1) is 0 Å². The molecule has 290 valence electrons. The summed E-state index contributed by atoms with van der Waals surface area (Å²) in [4.78, 5) is 2.34. The Morgan fingerprint density at radius 3 is 1.71 bits per heavy atom. The van der Waals surface area contributed by atoms with Gasteiger partial charge in [0, 0.05) is 55.1 Å². The molecule has 0 bridgehead atoms. The van der Waals surface area contributed by atoms with Gasteiger partial charge < -0.3 is 18.5 Å². The average Bonchev–Trinajstić information content (AvgIpc) is 4.01. The highest BCUT2D eigenvalue weighted by Crippen LogP contribution is 2.45. The van der Waals surface area contributed by atoms with Crippen LogP contribution in [0.25, 0.3) is 98.8 Å². The van der Waals surface area contributed by atoms with Crippen molar-refractivity contribution in [2.45, 2.75) is 0 Å². The lowest BCUT2D eigenvalue weighted by atomic mass is 10.0. The van der Waals surface area contributed by atoms with Gasteiger partial charge in [0.25, 0.3) is 0 Å². The van der Waals surface area contributed by atoms with Gasteiger partial charge in [-0.05, 0) is 107 Å². The molecule has 0 aliphatic carbocycles. The minimum Gasteiger partial charge on any atom is -0.454 e. The van der Waals surface area contributed by atoms with Crippen LogP contribution in [0.15, 0.2) is 229 Å². The van der Waals surface area contributed by atoms with E-state index in [1.165, 1.54) is 48.9 Å². The molecule has 0 aliphatic heterocycles. The molecule has 0 spiro atoms. The van der Waals surface area contributed by atoms with Crippen molar-refractivity contribution < 1.29 is 4.42 Å². The topological polar surface area (TPSA) is 26.2 Å². The Bertz CT molecular complexity index is 3850. The zero-order valence-corrected chi connectivity index (χ0v) is 33.6. The highest BCUT2D eigenvalue weighted by molar-refractivity contribution is 6.21. The molecule has 0 unspecified atom stereocenters. The second kappa shape index (κ2) is 13.6. The smallest absolute Gasteiger partial charge is 0.159 e. The van der Waals surface area contributed by atoms with Gasteiger partial charge in [-0.3, -0.25) is 0 Å². The highest BCUT2D eigenvalue weighted by atomic mass is 16.3. The summed E-state index contributed by atoms with van der Waals surface area (Å²) in [7, 11) is 0. The summed E-state index contributed by atoms with van der Waals surface area (Å²) < 4.78 is 11.4. The number of aromatic nitrogens is 2. The molecule has 0 radical (unpaired) electrons. The lowest BCUT2D eigenvalue weighted by Crippen LogP contribution is -2.10. The van der Waals surface area contributed by atoms with Gasteiger partial charge in [0.1, 0.15) is 5.58 Å². The van der Waals surface area contributed by atoms with E-state index in [0.29, 0.717) is 0 Å². The Labute approximate surface area is 357 Å². The van der Waals surface area contributed by atoms with Crippen molar-refractivity contribution >= 4 is 93.4 Å². The first-order valence-electron chi connectivity index (χ1n) is 21.2. The molecule has 62 heavy (non-hydrogen) atoms. The van der Waals surface area contributed by atoms with E-state index in [2.05, 4.69) is 232 Å². The van der Waals surface area contributed by atoms with E-state index < -0.39 is 0 Å². The molecule has 3 aromatic heterocycles. The van der Waals surface area contributed by atoms with E-state index in [4.69, 9.17) is 4.42 Å². The summed E-state index contributed by atoms with van der Waals surface area (Å²) in [5.74, 6) is 0. The van der Waals surface area contributed by atoms with Crippen molar-refractivity contribution in [1.29, 1.82) is 0 Å². The van der Waals surface area contributed by atoms with Gasteiger partial charge in [-0.2, -0.15) is 0 Å². The van der Waals surface area contributed by atoms with E-state index in [0.717, 1.165) is 67.0 Å². The first-order valence-corrected chi connectivity index (χ1v) is 21.2. The van der Waals surface area contributed by atoms with Crippen LogP contribution in [0.1, 0.15) is 0 Å². The Morgan fingerprint density at radius 1 is 0.339 bits per heavy atom. The van der Waals surface area contributed by atoms with E-state index in [1.54, 1.807) is 0 Å². The lowest BCUT2D eigenvalue weighted by Gasteiger charge is -2.26. The van der Waals surface area contributed by atoms with Gasteiger partial charge in [-0.1, -0.05) is 140 Å². The molecule has 0 fully saturated rings. The molecule has 3 heterocycles. The van der Waals surface area contributed by atoms with Crippen molar-refractivity contribution in [3.8, 4) is 22.5 Å². The number of hydrogen-bond donors (Lipinski definition) is 0. The molecule has 0 saturated heterocycles. The fourth-order valence-corrected chi connectivity index (χ4v) is 9.91. The lowest BCUT2D eigenvalue weighted by molar-refractivity contribution is 0.669. The number of anilines is 3. The van der Waals surface area contributed by atoms with Gasteiger partial charge in [0.05, 0.1) is 27.8 Å². The van der Waals surface area contributed by atoms with Crippen LogP contribution in [-0.4, -0.2) is 9.13 Å². The summed E-state index contributed by atoms with van der Waals surface area (Å²) in [6.45, 7) is 0. The third kappa shape index (κ3) is 5.20. The molecule has 0 saturated carbocycles. The standard InChI is InChI=1S/C58H37N3O/c1-2-14-41(15-3-1)60-51-21-9-6-17-46(51)50-37-44(34-36-53(50)60)59(55-23-12-20-48-47-18-8-11-24-56(47)62-58(48)55)42-30-25-38(26-31-42)39-27-32-43(33-28-39)61-52-22-10-7-19-49(52)57-45-16-5-4-13-40(45)29-35-54(57)61/h1-37H. The molecule has 0 N–H and O–H groups in total. The van der Waals surface area contributed by atoms with Crippen LogP contribution in [-0.2, 0) is 0 Å². The third-order valence-corrected chi connectivity index (χ3v) is 12.7. The summed E-state index contributed by atoms with van der Waals surface area (Å²) >= 11 is 0. The maximum absolute atomic E-state index is 6.69. The van der Waals surface area contributed by atoms with Gasteiger partial charge in [0.15, 0.2) is 5.58 Å². The van der Waals surface area contributed by atoms with Crippen LogP contribution in [0, 0.1) is 0 Å². The van der Waals surface area contributed by atoms with Crippen LogP contribution < -0.4 is 4.90 Å². The summed E-state index contributed by atoms with van der Waals surface area (Å²) in [6.07, 6.45) is 0. The maximum Gasteiger partial charge on any atom is 0.159 e. The first-order chi connectivity index (χ1) is 30.8. The number of rotatable bonds is 6. The SMILES string of the molecule is c1ccc(-n2c3ccccc3c3cc(N(c4ccc(-c5ccc(-n6c7ccccc7c7c8ccccc8ccc76)cc5)cc4)c4cccc5c4oc4ccccc45)ccc32)cc1. The largest absolute Gasteiger partial charge is 0.454 e. The molecule has 4 heteroatoms. The molecule has 4 nitrogen and oxygen atoms in total. The van der Waals surface area contributed by atoms with Gasteiger partial charge >= 0.3 is 0 Å². The molecule has 13 rings (SSSR count). The second-order valence-electron chi connectivity index (χ2n) is 16.1. The van der Waals surface area contributed by atoms with Crippen LogP contribution >= 0.6 is 0 Å². The van der Waals surface area contributed by atoms with E-state index in [-0.39, 0.29) is 0 Å². The zero-order chi connectivity index (χ0) is 40.7. The number of hydrogen-bond acceptors (Lipinski definition) is 2. The Balaban J connectivity index is 0.938. The fraction of sp³-hybridized carbons (Fsp3) is 0. The van der Waals surface area contributed by atoms with Gasteiger partial charge in [0.2, 0.25) is 0 Å². The molecule has 10 aromatic carbocycles. The van der Waals surface area contributed by atoms with Crippen LogP contribution in [0.3, 0.4) is 0 Å². The molecule has 0 aliphatic rings. The van der Waals surface area contributed by atoms with Crippen LogP contribution in [0.5, 0.6) is 0 Å². The predicted molar refractivity (Wildman–Crippen MR) is 260 cm³/mol. The molecular weight excluding hydrogens is 755 g/mol. The van der Waals surface area contributed by atoms with Crippen molar-refractivity contribution in [1.82, 2.24) is 9.13 Å². The molecular formula is C58H37N3O. The summed E-state index contributed by atoms with van der Waals surface area (Å²) in [5, 5.41) is 9.70. The van der Waals surface area contributed by atoms with Crippen molar-refractivity contribution in [2.24, 2.45) is 0 Å². The van der Waals surface area contributed by atoms with Crippen molar-refractivity contribution in [3.05, 3.63) is 224 Å². The Hall–Kier alpha value is -8.34. The van der Waals surface area contributed by atoms with Crippen molar-refractivity contribution in [3.63, 3.8) is 0 Å². The Morgan fingerprint density at radius 2 is 0.903 bits per heavy atom.